The normalized spacial score (nSPS) is 16.7. The van der Waals surface area contributed by atoms with Crippen molar-refractivity contribution in [3.05, 3.63) is 23.8 Å². The summed E-state index contributed by atoms with van der Waals surface area (Å²) in [4.78, 5) is 11.0. The quantitative estimate of drug-likeness (QED) is 0.333. The Morgan fingerprint density at radius 2 is 1.91 bits per heavy atom. The van der Waals surface area contributed by atoms with Gasteiger partial charge in [0.05, 0.1) is 5.60 Å². The molecule has 0 aliphatic heterocycles. The van der Waals surface area contributed by atoms with E-state index in [1.807, 2.05) is 6.92 Å². The average molecular weight is 309 g/mol. The topological polar surface area (TPSA) is 26.3 Å². The van der Waals surface area contributed by atoms with Gasteiger partial charge in [0.15, 0.2) is 5.78 Å². The highest BCUT2D eigenvalue weighted by Crippen LogP contribution is 2.26. The number of rotatable bonds is 12. The monoisotopic (exact) mass is 308 g/mol. The maximum atomic E-state index is 11.0. The lowest BCUT2D eigenvalue weighted by molar-refractivity contribution is -0.112. The molecule has 128 valence electrons. The molecule has 0 fully saturated rings. The fourth-order valence-electron chi connectivity index (χ4n) is 2.77. The van der Waals surface area contributed by atoms with Crippen molar-refractivity contribution in [2.24, 2.45) is 5.92 Å². The van der Waals surface area contributed by atoms with Crippen molar-refractivity contribution in [3.63, 3.8) is 0 Å². The van der Waals surface area contributed by atoms with Crippen LogP contribution in [0.2, 0.25) is 0 Å². The molecule has 2 atom stereocenters. The Morgan fingerprint density at radius 3 is 2.41 bits per heavy atom. The molecule has 0 aromatic rings. The van der Waals surface area contributed by atoms with Crippen LogP contribution in [0.4, 0.5) is 0 Å². The average Bonchev–Trinajstić information content (AvgIpc) is 2.45. The van der Waals surface area contributed by atoms with Crippen molar-refractivity contribution in [1.82, 2.24) is 0 Å². The molecule has 0 heterocycles. The predicted octanol–water partition coefficient (Wildman–Crippen LogP) is 5.87. The second-order valence-electron chi connectivity index (χ2n) is 6.54. The van der Waals surface area contributed by atoms with Crippen molar-refractivity contribution in [2.45, 2.75) is 85.7 Å². The molecule has 2 unspecified atom stereocenters. The summed E-state index contributed by atoms with van der Waals surface area (Å²) in [7, 11) is 0. The van der Waals surface area contributed by atoms with Crippen LogP contribution < -0.4 is 0 Å². The molecule has 0 aliphatic carbocycles. The Morgan fingerprint density at radius 1 is 1.23 bits per heavy atom. The summed E-state index contributed by atoms with van der Waals surface area (Å²) < 4.78 is 5.89. The van der Waals surface area contributed by atoms with Crippen molar-refractivity contribution in [2.75, 3.05) is 6.61 Å². The summed E-state index contributed by atoms with van der Waals surface area (Å²) in [5.74, 6) is 0.841. The van der Waals surface area contributed by atoms with Gasteiger partial charge in [0.2, 0.25) is 0 Å². The molecule has 2 heteroatoms. The fourth-order valence-corrected chi connectivity index (χ4v) is 2.77. The molecule has 0 spiro atoms. The van der Waals surface area contributed by atoms with Crippen molar-refractivity contribution >= 4 is 5.78 Å². The van der Waals surface area contributed by atoms with Crippen LogP contribution in [-0.2, 0) is 9.53 Å². The van der Waals surface area contributed by atoms with Gasteiger partial charge in [-0.15, -0.1) is 0 Å². The molecule has 2 nitrogen and oxygen atoms in total. The molecule has 0 aromatic carbocycles. The van der Waals surface area contributed by atoms with E-state index in [0.29, 0.717) is 0 Å². The van der Waals surface area contributed by atoms with E-state index in [0.717, 1.165) is 37.4 Å². The van der Waals surface area contributed by atoms with Crippen LogP contribution in [-0.4, -0.2) is 18.0 Å². The van der Waals surface area contributed by atoms with Crippen LogP contribution in [0.25, 0.3) is 0 Å². The molecule has 0 N–H and O–H groups in total. The van der Waals surface area contributed by atoms with Crippen molar-refractivity contribution in [1.29, 1.82) is 0 Å². The molecule has 0 bridgehead atoms. The zero-order valence-electron chi connectivity index (χ0n) is 15.6. The third kappa shape index (κ3) is 9.94. The van der Waals surface area contributed by atoms with Crippen LogP contribution in [0.5, 0.6) is 0 Å². The smallest absolute Gasteiger partial charge is 0.152 e. The van der Waals surface area contributed by atoms with Gasteiger partial charge in [-0.1, -0.05) is 45.3 Å². The standard InChI is InChI=1S/C20H36O2/c1-7-19(13-10-12-17(4)16-18(5)21)14-11-15-20(6,8-2)22-9-3/h10,12,16,19H,7-9,11,13-15H2,1-6H3. The number of hydrogen-bond acceptors (Lipinski definition) is 2. The molecule has 22 heavy (non-hydrogen) atoms. The zero-order chi connectivity index (χ0) is 17.0. The molecule has 0 aliphatic rings. The first-order valence-corrected chi connectivity index (χ1v) is 8.86. The van der Waals surface area contributed by atoms with Crippen molar-refractivity contribution in [3.8, 4) is 0 Å². The Balaban J connectivity index is 4.22. The van der Waals surface area contributed by atoms with E-state index in [9.17, 15) is 4.79 Å². The maximum Gasteiger partial charge on any atom is 0.152 e. The first-order valence-electron chi connectivity index (χ1n) is 8.86. The van der Waals surface area contributed by atoms with Gasteiger partial charge in [0.25, 0.3) is 0 Å². The molecule has 0 saturated carbocycles. The van der Waals surface area contributed by atoms with Gasteiger partial charge in [-0.05, 0) is 64.5 Å². The highest BCUT2D eigenvalue weighted by molar-refractivity contribution is 5.88. The molecule has 0 aromatic heterocycles. The molecular formula is C20H36O2. The van der Waals surface area contributed by atoms with Gasteiger partial charge in [0, 0.05) is 6.61 Å². The Hall–Kier alpha value is -0.890. The SMILES string of the molecule is CCOC(C)(CC)CCCC(CC)CC=CC(C)=CC(C)=O. The van der Waals surface area contributed by atoms with Crippen LogP contribution in [0.3, 0.4) is 0 Å². The third-order valence-corrected chi connectivity index (χ3v) is 4.42. The largest absolute Gasteiger partial charge is 0.376 e. The number of allylic oxidation sites excluding steroid dienone is 4. The first-order chi connectivity index (χ1) is 10.4. The minimum absolute atomic E-state index is 0.0453. The summed E-state index contributed by atoms with van der Waals surface area (Å²) in [6.45, 7) is 13.1. The Labute approximate surface area is 138 Å². The highest BCUT2D eigenvalue weighted by Gasteiger charge is 2.21. The van der Waals surface area contributed by atoms with E-state index in [2.05, 4.69) is 39.8 Å². The second kappa shape index (κ2) is 11.6. The van der Waals surface area contributed by atoms with E-state index in [1.54, 1.807) is 13.0 Å². The second-order valence-corrected chi connectivity index (χ2v) is 6.54. The van der Waals surface area contributed by atoms with Gasteiger partial charge in [-0.3, -0.25) is 4.79 Å². The van der Waals surface area contributed by atoms with E-state index in [1.165, 1.54) is 19.3 Å². The number of carbonyl (C=O) groups excluding carboxylic acids is 1. The van der Waals surface area contributed by atoms with Gasteiger partial charge >= 0.3 is 0 Å². The minimum atomic E-state index is 0.0453. The Bertz CT molecular complexity index is 368. The number of carbonyl (C=O) groups is 1. The van der Waals surface area contributed by atoms with Crippen LogP contribution >= 0.6 is 0 Å². The summed E-state index contributed by atoms with van der Waals surface area (Å²) in [5, 5.41) is 0. The van der Waals surface area contributed by atoms with E-state index in [-0.39, 0.29) is 11.4 Å². The first kappa shape index (κ1) is 21.1. The Kier molecular flexibility index (Phi) is 11.2. The third-order valence-electron chi connectivity index (χ3n) is 4.42. The molecule has 0 saturated heterocycles. The predicted molar refractivity (Wildman–Crippen MR) is 96.1 cm³/mol. The van der Waals surface area contributed by atoms with Gasteiger partial charge in [-0.2, -0.15) is 0 Å². The van der Waals surface area contributed by atoms with E-state index >= 15 is 0 Å². The summed E-state index contributed by atoms with van der Waals surface area (Å²) in [6.07, 6.45) is 13.0. The summed E-state index contributed by atoms with van der Waals surface area (Å²) in [6, 6.07) is 0. The number of ketones is 1. The lowest BCUT2D eigenvalue weighted by Crippen LogP contribution is -2.27. The van der Waals surface area contributed by atoms with Gasteiger partial charge in [0.1, 0.15) is 0 Å². The van der Waals surface area contributed by atoms with Crippen LogP contribution in [0.1, 0.15) is 80.1 Å². The van der Waals surface area contributed by atoms with E-state index < -0.39 is 0 Å². The van der Waals surface area contributed by atoms with Crippen LogP contribution in [0, 0.1) is 5.92 Å². The number of ether oxygens (including phenoxy) is 1. The fraction of sp³-hybridized carbons (Fsp3) is 0.750. The maximum absolute atomic E-state index is 11.0. The summed E-state index contributed by atoms with van der Waals surface area (Å²) in [5.41, 5.74) is 1.08. The molecular weight excluding hydrogens is 272 g/mol. The molecule has 0 amide bonds. The van der Waals surface area contributed by atoms with Gasteiger partial charge < -0.3 is 4.74 Å². The number of hydrogen-bond donors (Lipinski definition) is 0. The van der Waals surface area contributed by atoms with Gasteiger partial charge in [-0.25, -0.2) is 0 Å². The zero-order valence-corrected chi connectivity index (χ0v) is 15.6. The van der Waals surface area contributed by atoms with Crippen LogP contribution in [0.15, 0.2) is 23.8 Å². The highest BCUT2D eigenvalue weighted by atomic mass is 16.5. The lowest BCUT2D eigenvalue weighted by Gasteiger charge is -2.28. The minimum Gasteiger partial charge on any atom is -0.376 e. The lowest BCUT2D eigenvalue weighted by atomic mass is 9.90. The van der Waals surface area contributed by atoms with Crippen molar-refractivity contribution < 1.29 is 9.53 Å². The summed E-state index contributed by atoms with van der Waals surface area (Å²) >= 11 is 0. The molecule has 0 rings (SSSR count). The van der Waals surface area contributed by atoms with E-state index in [4.69, 9.17) is 4.74 Å². The molecule has 0 radical (unpaired) electrons.